The van der Waals surface area contributed by atoms with Crippen LogP contribution in [0.3, 0.4) is 0 Å². The van der Waals surface area contributed by atoms with E-state index < -0.39 is 0 Å². The van der Waals surface area contributed by atoms with Gasteiger partial charge in [-0.1, -0.05) is 29.8 Å². The van der Waals surface area contributed by atoms with E-state index in [2.05, 4.69) is 10.3 Å². The second-order valence-corrected chi connectivity index (χ2v) is 6.02. The summed E-state index contributed by atoms with van der Waals surface area (Å²) in [5, 5.41) is 5.50. The molecule has 0 bridgehead atoms. The summed E-state index contributed by atoms with van der Waals surface area (Å²) in [5.74, 6) is 0.283. The fraction of sp³-hybridized carbons (Fsp3) is 0.125. The summed E-state index contributed by atoms with van der Waals surface area (Å²) in [7, 11) is 0. The molecule has 6 heteroatoms. The number of halogens is 1. The molecule has 0 aliphatic heterocycles. The van der Waals surface area contributed by atoms with Gasteiger partial charge in [0.2, 0.25) is 0 Å². The van der Waals surface area contributed by atoms with Gasteiger partial charge in [-0.15, -0.1) is 11.3 Å². The van der Waals surface area contributed by atoms with Gasteiger partial charge in [0, 0.05) is 11.6 Å². The third kappa shape index (κ3) is 3.37. The number of rotatable bonds is 5. The Kier molecular flexibility index (Phi) is 4.56. The van der Waals surface area contributed by atoms with Gasteiger partial charge in [-0.25, -0.2) is 4.98 Å². The fourth-order valence-electron chi connectivity index (χ4n) is 2.05. The van der Waals surface area contributed by atoms with E-state index in [4.69, 9.17) is 16.0 Å². The smallest absolute Gasteiger partial charge is 0.273 e. The average molecular weight is 333 g/mol. The Labute approximate surface area is 136 Å². The molecule has 4 nitrogen and oxygen atoms in total. The molecule has 1 aromatic carbocycles. The molecular weight excluding hydrogens is 320 g/mol. The van der Waals surface area contributed by atoms with E-state index in [1.165, 1.54) is 17.7 Å². The zero-order chi connectivity index (χ0) is 15.4. The number of hydrogen-bond acceptors (Lipinski definition) is 4. The molecule has 0 radical (unpaired) electrons. The van der Waals surface area contributed by atoms with Crippen LogP contribution in [0.4, 0.5) is 0 Å². The van der Waals surface area contributed by atoms with Gasteiger partial charge in [-0.05, 0) is 35.6 Å². The number of benzene rings is 1. The van der Waals surface area contributed by atoms with Crippen LogP contribution in [0.25, 0.3) is 10.6 Å². The molecule has 0 saturated heterocycles. The maximum absolute atomic E-state index is 12.2. The maximum Gasteiger partial charge on any atom is 0.273 e. The van der Waals surface area contributed by atoms with Crippen molar-refractivity contribution in [1.82, 2.24) is 10.3 Å². The Morgan fingerprint density at radius 3 is 2.82 bits per heavy atom. The first kappa shape index (κ1) is 14.8. The Morgan fingerprint density at radius 1 is 1.27 bits per heavy atom. The van der Waals surface area contributed by atoms with E-state index in [1.807, 2.05) is 41.8 Å². The molecule has 0 spiro atoms. The van der Waals surface area contributed by atoms with Crippen molar-refractivity contribution in [3.63, 3.8) is 0 Å². The van der Waals surface area contributed by atoms with E-state index in [0.29, 0.717) is 23.0 Å². The predicted molar refractivity (Wildman–Crippen MR) is 87.3 cm³/mol. The van der Waals surface area contributed by atoms with Crippen molar-refractivity contribution in [2.75, 3.05) is 6.54 Å². The predicted octanol–water partition coefficient (Wildman–Crippen LogP) is 4.03. The molecule has 22 heavy (non-hydrogen) atoms. The number of amides is 1. The highest BCUT2D eigenvalue weighted by Crippen LogP contribution is 2.27. The first-order valence-electron chi connectivity index (χ1n) is 6.74. The normalized spacial score (nSPS) is 10.6. The first-order chi connectivity index (χ1) is 10.7. The maximum atomic E-state index is 12.2. The average Bonchev–Trinajstić information content (AvgIpc) is 3.19. The second-order valence-electron chi connectivity index (χ2n) is 4.64. The molecule has 0 saturated carbocycles. The quantitative estimate of drug-likeness (QED) is 0.767. The SMILES string of the molecule is O=C(NCCc1ccc(Cl)cc1)c1ncoc1-c1cccs1. The van der Waals surface area contributed by atoms with Crippen molar-refractivity contribution in [2.24, 2.45) is 0 Å². The first-order valence-corrected chi connectivity index (χ1v) is 8.00. The highest BCUT2D eigenvalue weighted by molar-refractivity contribution is 7.13. The van der Waals surface area contributed by atoms with E-state index in [0.717, 1.165) is 16.9 Å². The van der Waals surface area contributed by atoms with Crippen molar-refractivity contribution < 1.29 is 9.21 Å². The lowest BCUT2D eigenvalue weighted by Crippen LogP contribution is -2.26. The number of aromatic nitrogens is 1. The van der Waals surface area contributed by atoms with Crippen LogP contribution in [0.1, 0.15) is 16.1 Å². The van der Waals surface area contributed by atoms with Crippen molar-refractivity contribution in [2.45, 2.75) is 6.42 Å². The largest absolute Gasteiger partial charge is 0.442 e. The van der Waals surface area contributed by atoms with Crippen molar-refractivity contribution in [1.29, 1.82) is 0 Å². The molecule has 2 heterocycles. The summed E-state index contributed by atoms with van der Waals surface area (Å²) in [6.45, 7) is 0.525. The van der Waals surface area contributed by atoms with Crippen LogP contribution in [0.5, 0.6) is 0 Å². The number of nitrogens with one attached hydrogen (secondary N) is 1. The summed E-state index contributed by atoms with van der Waals surface area (Å²) in [4.78, 5) is 17.1. The molecule has 0 atom stereocenters. The monoisotopic (exact) mass is 332 g/mol. The van der Waals surface area contributed by atoms with E-state index in [9.17, 15) is 4.79 Å². The van der Waals surface area contributed by atoms with Crippen molar-refractivity contribution >= 4 is 28.8 Å². The van der Waals surface area contributed by atoms with Crippen LogP contribution >= 0.6 is 22.9 Å². The lowest BCUT2D eigenvalue weighted by atomic mass is 10.1. The van der Waals surface area contributed by atoms with Crippen LogP contribution < -0.4 is 5.32 Å². The molecule has 1 amide bonds. The molecule has 3 aromatic rings. The third-order valence-electron chi connectivity index (χ3n) is 3.14. The fourth-order valence-corrected chi connectivity index (χ4v) is 2.88. The minimum Gasteiger partial charge on any atom is -0.442 e. The number of nitrogens with zero attached hydrogens (tertiary/aromatic N) is 1. The van der Waals surface area contributed by atoms with E-state index >= 15 is 0 Å². The molecule has 0 aliphatic rings. The van der Waals surface area contributed by atoms with Gasteiger partial charge in [0.1, 0.15) is 0 Å². The Hall–Kier alpha value is -2.11. The van der Waals surface area contributed by atoms with Gasteiger partial charge in [-0.2, -0.15) is 0 Å². The van der Waals surface area contributed by atoms with E-state index in [1.54, 1.807) is 0 Å². The number of carbonyl (C=O) groups is 1. The molecule has 0 fully saturated rings. The zero-order valence-corrected chi connectivity index (χ0v) is 13.2. The standard InChI is InChI=1S/C16H13ClN2O2S/c17-12-5-3-11(4-6-12)7-8-18-16(20)14-15(21-10-19-14)13-2-1-9-22-13/h1-6,9-10H,7-8H2,(H,18,20). The number of hydrogen-bond donors (Lipinski definition) is 1. The summed E-state index contributed by atoms with van der Waals surface area (Å²) in [6, 6.07) is 11.4. The molecule has 0 aliphatic carbocycles. The zero-order valence-electron chi connectivity index (χ0n) is 11.6. The minimum atomic E-state index is -0.230. The van der Waals surface area contributed by atoms with Crippen molar-refractivity contribution in [3.8, 4) is 10.6 Å². The van der Waals surface area contributed by atoms with Gasteiger partial charge in [-0.3, -0.25) is 4.79 Å². The molecule has 2 aromatic heterocycles. The number of oxazole rings is 1. The summed E-state index contributed by atoms with van der Waals surface area (Å²) >= 11 is 7.35. The summed E-state index contributed by atoms with van der Waals surface area (Å²) in [6.07, 6.45) is 2.03. The molecule has 0 unspecified atom stereocenters. The summed E-state index contributed by atoms with van der Waals surface area (Å²) < 4.78 is 5.33. The topological polar surface area (TPSA) is 55.1 Å². The van der Waals surface area contributed by atoms with Gasteiger partial charge in [0.25, 0.3) is 5.91 Å². The number of thiophene rings is 1. The van der Waals surface area contributed by atoms with Crippen LogP contribution in [0.2, 0.25) is 5.02 Å². The molecule has 1 N–H and O–H groups in total. The molecular formula is C16H13ClN2O2S. The minimum absolute atomic E-state index is 0.230. The third-order valence-corrected chi connectivity index (χ3v) is 4.26. The van der Waals surface area contributed by atoms with Crippen LogP contribution in [-0.4, -0.2) is 17.4 Å². The Bertz CT molecular complexity index is 751. The lowest BCUT2D eigenvalue weighted by molar-refractivity contribution is 0.0950. The molecule has 3 rings (SSSR count). The van der Waals surface area contributed by atoms with Gasteiger partial charge < -0.3 is 9.73 Å². The van der Waals surface area contributed by atoms with Gasteiger partial charge in [0.05, 0.1) is 4.88 Å². The second kappa shape index (κ2) is 6.77. The van der Waals surface area contributed by atoms with E-state index in [-0.39, 0.29) is 5.91 Å². The highest BCUT2D eigenvalue weighted by Gasteiger charge is 2.18. The van der Waals surface area contributed by atoms with Crippen LogP contribution in [0, 0.1) is 0 Å². The van der Waals surface area contributed by atoms with Gasteiger partial charge in [0.15, 0.2) is 17.8 Å². The molecule has 112 valence electrons. The van der Waals surface area contributed by atoms with Crippen molar-refractivity contribution in [3.05, 3.63) is 64.5 Å². The number of carbonyl (C=O) groups excluding carboxylic acids is 1. The van der Waals surface area contributed by atoms with Crippen LogP contribution in [0.15, 0.2) is 52.6 Å². The summed E-state index contributed by atoms with van der Waals surface area (Å²) in [5.41, 5.74) is 1.43. The lowest BCUT2D eigenvalue weighted by Gasteiger charge is -2.04. The Morgan fingerprint density at radius 2 is 2.09 bits per heavy atom. The van der Waals surface area contributed by atoms with Gasteiger partial charge >= 0.3 is 0 Å². The highest BCUT2D eigenvalue weighted by atomic mass is 35.5. The Balaban J connectivity index is 1.61. The van der Waals surface area contributed by atoms with Crippen LogP contribution in [-0.2, 0) is 6.42 Å².